The van der Waals surface area contributed by atoms with Crippen molar-refractivity contribution in [3.8, 4) is 5.82 Å². The lowest BCUT2D eigenvalue weighted by Gasteiger charge is -2.15. The quantitative estimate of drug-likeness (QED) is 0.683. The Morgan fingerprint density at radius 1 is 1.10 bits per heavy atom. The Bertz CT molecular complexity index is 1030. The van der Waals surface area contributed by atoms with E-state index in [2.05, 4.69) is 15.4 Å². The summed E-state index contributed by atoms with van der Waals surface area (Å²) in [6.45, 7) is 1.56. The fourth-order valence-corrected chi connectivity index (χ4v) is 2.72. The van der Waals surface area contributed by atoms with Crippen LogP contribution in [0.5, 0.6) is 0 Å². The Morgan fingerprint density at radius 2 is 1.79 bits per heavy atom. The average molecular weight is 403 g/mol. The zero-order valence-corrected chi connectivity index (χ0v) is 15.1. The largest absolute Gasteiger partial charge is 0.417 e. The molecule has 3 N–H and O–H groups in total. The molecule has 2 amide bonds. The number of halogens is 3. The molecular weight excluding hydrogens is 387 g/mol. The number of benzene rings is 1. The van der Waals surface area contributed by atoms with Gasteiger partial charge in [0.15, 0.2) is 5.82 Å². The summed E-state index contributed by atoms with van der Waals surface area (Å²) in [6, 6.07) is 9.46. The number of alkyl halides is 3. The summed E-state index contributed by atoms with van der Waals surface area (Å²) in [4.78, 5) is 28.2. The van der Waals surface area contributed by atoms with Gasteiger partial charge < -0.3 is 11.1 Å². The van der Waals surface area contributed by atoms with Gasteiger partial charge in [-0.25, -0.2) is 9.67 Å². The molecule has 0 aliphatic rings. The Balaban J connectivity index is 1.85. The maximum Gasteiger partial charge on any atom is 0.417 e. The molecule has 7 nitrogen and oxygen atoms in total. The number of primary amides is 1. The van der Waals surface area contributed by atoms with Crippen molar-refractivity contribution in [1.29, 1.82) is 0 Å². The summed E-state index contributed by atoms with van der Waals surface area (Å²) in [6.07, 6.45) is -2.57. The van der Waals surface area contributed by atoms with Gasteiger partial charge in [-0.15, -0.1) is 0 Å². The highest BCUT2D eigenvalue weighted by molar-refractivity contribution is 5.98. The smallest absolute Gasteiger partial charge is 0.368 e. The van der Waals surface area contributed by atoms with Crippen LogP contribution in [0, 0.1) is 6.92 Å². The molecule has 0 aliphatic heterocycles. The predicted molar refractivity (Wildman–Crippen MR) is 96.9 cm³/mol. The number of amides is 2. The van der Waals surface area contributed by atoms with Crippen molar-refractivity contribution in [2.24, 2.45) is 5.73 Å². The number of nitrogens with zero attached hydrogens (tertiary/aromatic N) is 3. The van der Waals surface area contributed by atoms with Crippen LogP contribution in [0.2, 0.25) is 0 Å². The standard InChI is InChI=1S/C19H16F3N5O2/c1-11-14(18(29)26-16(17(23)28)12-5-3-2-4-6-12)10-25-27(11)15-8-7-13(9-24-15)19(20,21)22/h2-10,16H,1H3,(H2,23,28)(H,26,29). The molecule has 3 rings (SSSR count). The maximum absolute atomic E-state index is 12.7. The fraction of sp³-hybridized carbons (Fsp3) is 0.158. The van der Waals surface area contributed by atoms with Gasteiger partial charge in [-0.3, -0.25) is 9.59 Å². The number of carbonyl (C=O) groups is 2. The Hall–Kier alpha value is -3.69. The predicted octanol–water partition coefficient (Wildman–Crippen LogP) is 2.55. The van der Waals surface area contributed by atoms with Crippen molar-refractivity contribution in [3.05, 3.63) is 77.2 Å². The van der Waals surface area contributed by atoms with E-state index in [9.17, 15) is 22.8 Å². The molecule has 29 heavy (non-hydrogen) atoms. The Labute approximate surface area is 163 Å². The number of rotatable bonds is 5. The molecule has 0 radical (unpaired) electrons. The minimum atomic E-state index is -4.50. The second kappa shape index (κ2) is 7.74. The van der Waals surface area contributed by atoms with Gasteiger partial charge in [0, 0.05) is 6.20 Å². The van der Waals surface area contributed by atoms with Crippen LogP contribution in [0.4, 0.5) is 13.2 Å². The van der Waals surface area contributed by atoms with Gasteiger partial charge >= 0.3 is 6.18 Å². The third-order valence-corrected chi connectivity index (χ3v) is 4.24. The first-order chi connectivity index (χ1) is 13.7. The molecule has 2 heterocycles. The second-order valence-electron chi connectivity index (χ2n) is 6.18. The van der Waals surface area contributed by atoms with E-state index in [-0.39, 0.29) is 11.4 Å². The summed E-state index contributed by atoms with van der Waals surface area (Å²) >= 11 is 0. The van der Waals surface area contributed by atoms with E-state index in [4.69, 9.17) is 5.73 Å². The lowest BCUT2D eigenvalue weighted by molar-refractivity contribution is -0.137. The van der Waals surface area contributed by atoms with Crippen LogP contribution < -0.4 is 11.1 Å². The SMILES string of the molecule is Cc1c(C(=O)NC(C(N)=O)c2ccccc2)cnn1-c1ccc(C(F)(F)F)cn1. The molecule has 0 aliphatic carbocycles. The Kier molecular flexibility index (Phi) is 5.35. The molecule has 2 aromatic heterocycles. The van der Waals surface area contributed by atoms with Crippen LogP contribution in [-0.2, 0) is 11.0 Å². The van der Waals surface area contributed by atoms with Gasteiger partial charge in [0.1, 0.15) is 6.04 Å². The van der Waals surface area contributed by atoms with Crippen LogP contribution in [0.3, 0.4) is 0 Å². The van der Waals surface area contributed by atoms with Crippen LogP contribution in [-0.4, -0.2) is 26.6 Å². The van der Waals surface area contributed by atoms with Crippen molar-refractivity contribution in [1.82, 2.24) is 20.1 Å². The fourth-order valence-electron chi connectivity index (χ4n) is 2.72. The van der Waals surface area contributed by atoms with Crippen LogP contribution >= 0.6 is 0 Å². The minimum Gasteiger partial charge on any atom is -0.368 e. The van der Waals surface area contributed by atoms with E-state index in [0.717, 1.165) is 12.1 Å². The first-order valence-electron chi connectivity index (χ1n) is 8.42. The molecule has 10 heteroatoms. The second-order valence-corrected chi connectivity index (χ2v) is 6.18. The number of hydrogen-bond acceptors (Lipinski definition) is 4. The topological polar surface area (TPSA) is 103 Å². The van der Waals surface area contributed by atoms with E-state index in [0.29, 0.717) is 17.5 Å². The van der Waals surface area contributed by atoms with Crippen molar-refractivity contribution in [2.75, 3.05) is 0 Å². The number of pyridine rings is 1. The summed E-state index contributed by atoms with van der Waals surface area (Å²) in [5.74, 6) is -1.23. The number of nitrogens with one attached hydrogen (secondary N) is 1. The summed E-state index contributed by atoms with van der Waals surface area (Å²) in [5.41, 5.74) is 5.50. The van der Waals surface area contributed by atoms with E-state index < -0.39 is 29.6 Å². The highest BCUT2D eigenvalue weighted by atomic mass is 19.4. The first kappa shape index (κ1) is 20.1. The molecule has 3 aromatic rings. The number of hydrogen-bond donors (Lipinski definition) is 2. The molecule has 0 saturated carbocycles. The third kappa shape index (κ3) is 4.26. The Morgan fingerprint density at radius 3 is 2.34 bits per heavy atom. The number of nitrogens with two attached hydrogens (primary N) is 1. The molecule has 0 fully saturated rings. The van der Waals surface area contributed by atoms with Crippen LogP contribution in [0.1, 0.15) is 33.2 Å². The third-order valence-electron chi connectivity index (χ3n) is 4.24. The van der Waals surface area contributed by atoms with E-state index >= 15 is 0 Å². The van der Waals surface area contributed by atoms with Crippen molar-refractivity contribution in [2.45, 2.75) is 19.1 Å². The van der Waals surface area contributed by atoms with Crippen molar-refractivity contribution < 1.29 is 22.8 Å². The molecule has 1 unspecified atom stereocenters. The normalized spacial score (nSPS) is 12.4. The highest BCUT2D eigenvalue weighted by Gasteiger charge is 2.31. The van der Waals surface area contributed by atoms with Gasteiger partial charge in [-0.05, 0) is 24.6 Å². The molecule has 0 bridgehead atoms. The van der Waals surface area contributed by atoms with Gasteiger partial charge in [-0.1, -0.05) is 30.3 Å². The maximum atomic E-state index is 12.7. The van der Waals surface area contributed by atoms with Crippen molar-refractivity contribution in [3.63, 3.8) is 0 Å². The number of aromatic nitrogens is 3. The monoisotopic (exact) mass is 403 g/mol. The highest BCUT2D eigenvalue weighted by Crippen LogP contribution is 2.28. The van der Waals surface area contributed by atoms with E-state index in [1.54, 1.807) is 37.3 Å². The van der Waals surface area contributed by atoms with Crippen LogP contribution in [0.15, 0.2) is 54.9 Å². The van der Waals surface area contributed by atoms with Gasteiger partial charge in [0.25, 0.3) is 5.91 Å². The molecule has 0 saturated heterocycles. The number of carbonyl (C=O) groups excluding carboxylic acids is 2. The van der Waals surface area contributed by atoms with Gasteiger partial charge in [0.05, 0.1) is 23.0 Å². The molecular formula is C19H16F3N5O2. The van der Waals surface area contributed by atoms with Gasteiger partial charge in [0.2, 0.25) is 5.91 Å². The first-order valence-corrected chi connectivity index (χ1v) is 8.42. The molecule has 150 valence electrons. The molecule has 1 aromatic carbocycles. The van der Waals surface area contributed by atoms with Gasteiger partial charge in [-0.2, -0.15) is 18.3 Å². The summed E-state index contributed by atoms with van der Waals surface area (Å²) in [7, 11) is 0. The summed E-state index contributed by atoms with van der Waals surface area (Å²) < 4.78 is 39.3. The zero-order chi connectivity index (χ0) is 21.2. The zero-order valence-electron chi connectivity index (χ0n) is 15.1. The lowest BCUT2D eigenvalue weighted by atomic mass is 10.1. The molecule has 1 atom stereocenters. The summed E-state index contributed by atoms with van der Waals surface area (Å²) in [5, 5.41) is 6.57. The molecule has 0 spiro atoms. The average Bonchev–Trinajstić information content (AvgIpc) is 3.07. The lowest BCUT2D eigenvalue weighted by Crippen LogP contribution is -2.37. The van der Waals surface area contributed by atoms with E-state index in [1.807, 2.05) is 0 Å². The van der Waals surface area contributed by atoms with Crippen LogP contribution in [0.25, 0.3) is 5.82 Å². The van der Waals surface area contributed by atoms with Crippen molar-refractivity contribution >= 4 is 11.8 Å². The van der Waals surface area contributed by atoms with E-state index in [1.165, 1.54) is 10.9 Å². The minimum absolute atomic E-state index is 0.115.